The molecule has 4 atom stereocenters. The summed E-state index contributed by atoms with van der Waals surface area (Å²) in [6, 6.07) is 0. The lowest BCUT2D eigenvalue weighted by atomic mass is 9.83. The Labute approximate surface area is 132 Å². The number of carbonyl (C=O) groups is 4. The molecule has 0 radical (unpaired) electrons. The zero-order valence-corrected chi connectivity index (χ0v) is 12.9. The number of carbonyl (C=O) groups excluding carboxylic acids is 4. The molecule has 2 aliphatic rings. The summed E-state index contributed by atoms with van der Waals surface area (Å²) in [5.41, 5.74) is 0. The summed E-state index contributed by atoms with van der Waals surface area (Å²) in [4.78, 5) is 46.5. The van der Waals surface area contributed by atoms with Crippen molar-refractivity contribution in [2.45, 2.75) is 6.42 Å². The van der Waals surface area contributed by atoms with Gasteiger partial charge in [-0.1, -0.05) is 12.2 Å². The van der Waals surface area contributed by atoms with Gasteiger partial charge in [-0.3, -0.25) is 9.59 Å². The van der Waals surface area contributed by atoms with Crippen LogP contribution in [0.3, 0.4) is 0 Å². The van der Waals surface area contributed by atoms with E-state index in [0.717, 1.165) is 0 Å². The van der Waals surface area contributed by atoms with E-state index in [1.807, 2.05) is 12.2 Å². The predicted octanol–water partition coefficient (Wildman–Crippen LogP) is -0.143. The minimum Gasteiger partial charge on any atom is -0.466 e. The first-order valence-electron chi connectivity index (χ1n) is 7.13. The molecule has 0 N–H and O–H groups in total. The van der Waals surface area contributed by atoms with Crippen LogP contribution in [-0.2, 0) is 38.1 Å². The Morgan fingerprint density at radius 3 is 1.57 bits per heavy atom. The van der Waals surface area contributed by atoms with Crippen molar-refractivity contribution in [2.75, 3.05) is 27.4 Å². The van der Waals surface area contributed by atoms with Gasteiger partial charge in [0.05, 0.1) is 26.1 Å². The Morgan fingerprint density at radius 2 is 1.22 bits per heavy atom. The van der Waals surface area contributed by atoms with Gasteiger partial charge in [-0.25, -0.2) is 9.59 Å². The first kappa shape index (κ1) is 17.0. The highest BCUT2D eigenvalue weighted by atomic mass is 16.6. The van der Waals surface area contributed by atoms with E-state index in [2.05, 4.69) is 9.47 Å². The number of esters is 4. The molecule has 0 amide bonds. The molecular formula is C15H18O8. The highest BCUT2D eigenvalue weighted by molar-refractivity contribution is 5.86. The van der Waals surface area contributed by atoms with E-state index < -0.39 is 48.9 Å². The van der Waals surface area contributed by atoms with E-state index in [0.29, 0.717) is 6.42 Å². The third-order valence-electron chi connectivity index (χ3n) is 4.12. The maximum absolute atomic E-state index is 12.2. The molecule has 0 saturated heterocycles. The Balaban J connectivity index is 2.00. The van der Waals surface area contributed by atoms with Crippen molar-refractivity contribution in [3.8, 4) is 0 Å². The van der Waals surface area contributed by atoms with E-state index in [1.165, 1.54) is 14.2 Å². The van der Waals surface area contributed by atoms with Crippen LogP contribution in [0.15, 0.2) is 12.2 Å². The lowest BCUT2D eigenvalue weighted by Gasteiger charge is -2.24. The minimum absolute atomic E-state index is 0.138. The number of rotatable bonds is 6. The molecule has 23 heavy (non-hydrogen) atoms. The van der Waals surface area contributed by atoms with Crippen LogP contribution in [0.25, 0.3) is 0 Å². The quantitative estimate of drug-likeness (QED) is 0.377. The van der Waals surface area contributed by atoms with Crippen LogP contribution >= 0.6 is 0 Å². The highest BCUT2D eigenvalue weighted by Crippen LogP contribution is 2.49. The van der Waals surface area contributed by atoms with Gasteiger partial charge in [0.25, 0.3) is 0 Å². The van der Waals surface area contributed by atoms with E-state index in [9.17, 15) is 19.2 Å². The summed E-state index contributed by atoms with van der Waals surface area (Å²) >= 11 is 0. The van der Waals surface area contributed by atoms with Gasteiger partial charge >= 0.3 is 23.9 Å². The Bertz CT molecular complexity index is 492. The highest BCUT2D eigenvalue weighted by Gasteiger charge is 2.53. The van der Waals surface area contributed by atoms with Crippen LogP contribution in [0.4, 0.5) is 0 Å². The Hall–Kier alpha value is -2.38. The number of hydrogen-bond acceptors (Lipinski definition) is 8. The van der Waals surface area contributed by atoms with Crippen molar-refractivity contribution in [3.63, 3.8) is 0 Å². The molecule has 0 aromatic rings. The minimum atomic E-state index is -0.722. The molecule has 2 bridgehead atoms. The van der Waals surface area contributed by atoms with Crippen molar-refractivity contribution < 1.29 is 38.1 Å². The Kier molecular flexibility index (Phi) is 5.36. The van der Waals surface area contributed by atoms with Crippen molar-refractivity contribution in [1.29, 1.82) is 0 Å². The molecular weight excluding hydrogens is 308 g/mol. The molecule has 126 valence electrons. The van der Waals surface area contributed by atoms with Crippen molar-refractivity contribution in [1.82, 2.24) is 0 Å². The van der Waals surface area contributed by atoms with Gasteiger partial charge in [-0.2, -0.15) is 0 Å². The lowest BCUT2D eigenvalue weighted by molar-refractivity contribution is -0.168. The van der Waals surface area contributed by atoms with Crippen LogP contribution in [-0.4, -0.2) is 51.3 Å². The fourth-order valence-electron chi connectivity index (χ4n) is 3.04. The van der Waals surface area contributed by atoms with Crippen LogP contribution < -0.4 is 0 Å². The maximum Gasteiger partial charge on any atom is 0.344 e. The van der Waals surface area contributed by atoms with Crippen molar-refractivity contribution in [2.24, 2.45) is 23.7 Å². The summed E-state index contributed by atoms with van der Waals surface area (Å²) in [7, 11) is 2.37. The monoisotopic (exact) mass is 326 g/mol. The van der Waals surface area contributed by atoms with Crippen LogP contribution in [0.2, 0.25) is 0 Å². The molecule has 2 unspecified atom stereocenters. The van der Waals surface area contributed by atoms with Crippen LogP contribution in [0.5, 0.6) is 0 Å². The van der Waals surface area contributed by atoms with E-state index in [-0.39, 0.29) is 11.8 Å². The normalized spacial score (nSPS) is 27.4. The SMILES string of the molecule is COC(=O)COC(=O)C1C(C(=O)OCC(=O)OC)[C@H]2C=C[C@@H]1C2. The molecule has 0 aliphatic heterocycles. The molecule has 2 rings (SSSR count). The van der Waals surface area contributed by atoms with Crippen LogP contribution in [0, 0.1) is 23.7 Å². The van der Waals surface area contributed by atoms with Gasteiger partial charge < -0.3 is 18.9 Å². The van der Waals surface area contributed by atoms with Gasteiger partial charge in [0, 0.05) is 0 Å². The first-order chi connectivity index (χ1) is 11.0. The van der Waals surface area contributed by atoms with E-state index in [4.69, 9.17) is 9.47 Å². The van der Waals surface area contributed by atoms with Gasteiger partial charge in [0.1, 0.15) is 0 Å². The smallest absolute Gasteiger partial charge is 0.344 e. The third kappa shape index (κ3) is 3.69. The zero-order chi connectivity index (χ0) is 17.0. The summed E-state index contributed by atoms with van der Waals surface area (Å²) in [6.45, 7) is -1.01. The molecule has 0 aromatic heterocycles. The molecule has 0 spiro atoms. The van der Waals surface area contributed by atoms with E-state index >= 15 is 0 Å². The molecule has 8 heteroatoms. The van der Waals surface area contributed by atoms with Crippen LogP contribution in [0.1, 0.15) is 6.42 Å². The lowest BCUT2D eigenvalue weighted by Crippen LogP contribution is -2.36. The van der Waals surface area contributed by atoms with Gasteiger partial charge in [-0.15, -0.1) is 0 Å². The summed E-state index contributed by atoms with van der Waals surface area (Å²) in [5, 5.41) is 0. The third-order valence-corrected chi connectivity index (χ3v) is 4.12. The Morgan fingerprint density at radius 1 is 0.826 bits per heavy atom. The fourth-order valence-corrected chi connectivity index (χ4v) is 3.04. The second-order valence-corrected chi connectivity index (χ2v) is 5.37. The zero-order valence-electron chi connectivity index (χ0n) is 12.9. The maximum atomic E-state index is 12.2. The van der Waals surface area contributed by atoms with Gasteiger partial charge in [0.2, 0.25) is 0 Å². The molecule has 1 fully saturated rings. The summed E-state index contributed by atoms with van der Waals surface area (Å²) < 4.78 is 18.6. The van der Waals surface area contributed by atoms with Gasteiger partial charge in [0.15, 0.2) is 13.2 Å². The number of hydrogen-bond donors (Lipinski definition) is 0. The number of ether oxygens (including phenoxy) is 4. The molecule has 2 aliphatic carbocycles. The average molecular weight is 326 g/mol. The fraction of sp³-hybridized carbons (Fsp3) is 0.600. The van der Waals surface area contributed by atoms with Crippen molar-refractivity contribution >= 4 is 23.9 Å². The number of fused-ring (bicyclic) bond motifs is 2. The average Bonchev–Trinajstić information content (AvgIpc) is 3.17. The number of methoxy groups -OCH3 is 2. The van der Waals surface area contributed by atoms with Crippen molar-refractivity contribution in [3.05, 3.63) is 12.2 Å². The van der Waals surface area contributed by atoms with Gasteiger partial charge in [-0.05, 0) is 18.3 Å². The largest absolute Gasteiger partial charge is 0.466 e. The summed E-state index contributed by atoms with van der Waals surface area (Å²) in [6.07, 6.45) is 4.35. The molecule has 8 nitrogen and oxygen atoms in total. The number of allylic oxidation sites excluding steroid dienone is 2. The molecule has 1 saturated carbocycles. The standard InChI is InChI=1S/C15H18O8/c1-20-10(16)6-22-14(18)12-8-3-4-9(5-8)13(12)15(19)23-7-11(17)21-2/h3-4,8-9,12-13H,5-7H2,1-2H3/t8-,9+,12?,13?. The predicted molar refractivity (Wildman–Crippen MR) is 73.7 cm³/mol. The second kappa shape index (κ2) is 7.26. The second-order valence-electron chi connectivity index (χ2n) is 5.37. The summed E-state index contributed by atoms with van der Waals surface area (Å²) in [5.74, 6) is -4.37. The first-order valence-corrected chi connectivity index (χ1v) is 7.13. The molecule has 0 aromatic carbocycles. The molecule has 0 heterocycles. The topological polar surface area (TPSA) is 105 Å². The van der Waals surface area contributed by atoms with E-state index in [1.54, 1.807) is 0 Å².